The van der Waals surface area contributed by atoms with Crippen molar-refractivity contribution in [1.82, 2.24) is 9.78 Å². The maximum absolute atomic E-state index is 12.3. The van der Waals surface area contributed by atoms with E-state index in [2.05, 4.69) is 10.4 Å². The Morgan fingerprint density at radius 3 is 2.61 bits per heavy atom. The molecule has 6 heteroatoms. The van der Waals surface area contributed by atoms with Gasteiger partial charge in [0, 0.05) is 11.8 Å². The first-order valence-corrected chi connectivity index (χ1v) is 7.15. The van der Waals surface area contributed by atoms with Crippen molar-refractivity contribution in [3.63, 3.8) is 0 Å². The van der Waals surface area contributed by atoms with Crippen molar-refractivity contribution >= 4 is 11.6 Å². The van der Waals surface area contributed by atoms with E-state index in [4.69, 9.17) is 4.42 Å². The topological polar surface area (TPSA) is 77.1 Å². The van der Waals surface area contributed by atoms with Gasteiger partial charge in [0.05, 0.1) is 6.26 Å². The van der Waals surface area contributed by atoms with Gasteiger partial charge in [-0.3, -0.25) is 9.59 Å². The van der Waals surface area contributed by atoms with Gasteiger partial charge in [0.1, 0.15) is 11.7 Å². The van der Waals surface area contributed by atoms with E-state index in [0.29, 0.717) is 17.1 Å². The van der Waals surface area contributed by atoms with E-state index in [1.165, 1.54) is 12.3 Å². The predicted octanol–water partition coefficient (Wildman–Crippen LogP) is 2.70. The van der Waals surface area contributed by atoms with Gasteiger partial charge in [0.25, 0.3) is 5.56 Å². The molecule has 0 aliphatic carbocycles. The van der Waals surface area contributed by atoms with E-state index in [0.717, 1.165) is 4.68 Å². The van der Waals surface area contributed by atoms with Crippen molar-refractivity contribution < 1.29 is 9.21 Å². The van der Waals surface area contributed by atoms with Crippen molar-refractivity contribution in [2.45, 2.75) is 13.0 Å². The standard InChI is InChI=1S/C17H15N3O3/c1-12(17(22)18-13-6-3-2-4-7-13)20-16(21)10-9-14(19-20)15-8-5-11-23-15/h2-12H,1H3,(H,18,22). The zero-order valence-corrected chi connectivity index (χ0v) is 12.5. The summed E-state index contributed by atoms with van der Waals surface area (Å²) in [7, 11) is 0. The number of benzene rings is 1. The largest absolute Gasteiger partial charge is 0.463 e. The Morgan fingerprint density at radius 2 is 1.91 bits per heavy atom. The molecule has 23 heavy (non-hydrogen) atoms. The van der Waals surface area contributed by atoms with Gasteiger partial charge < -0.3 is 9.73 Å². The summed E-state index contributed by atoms with van der Waals surface area (Å²) in [6.45, 7) is 1.62. The van der Waals surface area contributed by atoms with E-state index in [-0.39, 0.29) is 11.5 Å². The van der Waals surface area contributed by atoms with Crippen LogP contribution in [0.5, 0.6) is 0 Å². The summed E-state index contributed by atoms with van der Waals surface area (Å²) in [6, 6.07) is 14.7. The molecular weight excluding hydrogens is 294 g/mol. The average molecular weight is 309 g/mol. The Hall–Kier alpha value is -3.15. The molecule has 3 aromatic rings. The average Bonchev–Trinajstić information content (AvgIpc) is 3.10. The fourth-order valence-electron chi connectivity index (χ4n) is 2.14. The summed E-state index contributed by atoms with van der Waals surface area (Å²) in [5, 5.41) is 6.99. The number of furan rings is 1. The van der Waals surface area contributed by atoms with Crippen molar-refractivity contribution in [1.29, 1.82) is 0 Å². The molecule has 0 aliphatic rings. The summed E-state index contributed by atoms with van der Waals surface area (Å²) < 4.78 is 6.42. The summed E-state index contributed by atoms with van der Waals surface area (Å²) in [5.41, 5.74) is 0.810. The normalized spacial score (nSPS) is 11.9. The second-order valence-corrected chi connectivity index (χ2v) is 5.01. The highest BCUT2D eigenvalue weighted by atomic mass is 16.3. The van der Waals surface area contributed by atoms with Crippen molar-refractivity contribution in [2.75, 3.05) is 5.32 Å². The van der Waals surface area contributed by atoms with Crippen LogP contribution in [-0.2, 0) is 4.79 Å². The van der Waals surface area contributed by atoms with Crippen molar-refractivity contribution in [2.24, 2.45) is 0 Å². The van der Waals surface area contributed by atoms with Crippen LogP contribution in [-0.4, -0.2) is 15.7 Å². The van der Waals surface area contributed by atoms with Gasteiger partial charge in [0.2, 0.25) is 5.91 Å². The van der Waals surface area contributed by atoms with Gasteiger partial charge in [-0.1, -0.05) is 18.2 Å². The SMILES string of the molecule is CC(C(=O)Nc1ccccc1)n1nc(-c2ccco2)ccc1=O. The molecule has 2 aromatic heterocycles. The minimum Gasteiger partial charge on any atom is -0.463 e. The lowest BCUT2D eigenvalue weighted by molar-refractivity contribution is -0.119. The van der Waals surface area contributed by atoms with Crippen LogP contribution >= 0.6 is 0 Å². The molecule has 0 fully saturated rings. The quantitative estimate of drug-likeness (QED) is 0.804. The molecule has 1 N–H and O–H groups in total. The van der Waals surface area contributed by atoms with Crippen LogP contribution in [0.15, 0.2) is 70.1 Å². The number of anilines is 1. The number of carbonyl (C=O) groups excluding carboxylic acids is 1. The molecule has 1 unspecified atom stereocenters. The third-order valence-corrected chi connectivity index (χ3v) is 3.39. The van der Waals surface area contributed by atoms with Crippen molar-refractivity contribution in [3.05, 3.63) is 71.2 Å². The van der Waals surface area contributed by atoms with Crippen LogP contribution in [0.2, 0.25) is 0 Å². The summed E-state index contributed by atoms with van der Waals surface area (Å²) in [5.74, 6) is 0.219. The number of aromatic nitrogens is 2. The third kappa shape index (κ3) is 3.21. The number of nitrogens with zero attached hydrogens (tertiary/aromatic N) is 2. The lowest BCUT2D eigenvalue weighted by atomic mass is 10.2. The molecule has 116 valence electrons. The highest BCUT2D eigenvalue weighted by Gasteiger charge is 2.18. The summed E-state index contributed by atoms with van der Waals surface area (Å²) >= 11 is 0. The second-order valence-electron chi connectivity index (χ2n) is 5.01. The maximum atomic E-state index is 12.3. The van der Waals surface area contributed by atoms with E-state index < -0.39 is 6.04 Å². The Balaban J connectivity index is 1.87. The number of hydrogen-bond donors (Lipinski definition) is 1. The summed E-state index contributed by atoms with van der Waals surface area (Å²) in [4.78, 5) is 24.4. The van der Waals surface area contributed by atoms with Crippen molar-refractivity contribution in [3.8, 4) is 11.5 Å². The Labute approximate surface area is 132 Å². The molecule has 1 atom stereocenters. The first-order valence-electron chi connectivity index (χ1n) is 7.15. The van der Waals surface area contributed by atoms with E-state index >= 15 is 0 Å². The maximum Gasteiger partial charge on any atom is 0.267 e. The lowest BCUT2D eigenvalue weighted by Crippen LogP contribution is -2.33. The highest BCUT2D eigenvalue weighted by Crippen LogP contribution is 2.16. The number of rotatable bonds is 4. The van der Waals surface area contributed by atoms with E-state index in [9.17, 15) is 9.59 Å². The fourth-order valence-corrected chi connectivity index (χ4v) is 2.14. The molecule has 1 aromatic carbocycles. The number of nitrogens with one attached hydrogen (secondary N) is 1. The number of para-hydroxylation sites is 1. The molecule has 3 rings (SSSR count). The third-order valence-electron chi connectivity index (χ3n) is 3.39. The zero-order chi connectivity index (χ0) is 16.2. The molecule has 0 radical (unpaired) electrons. The first-order chi connectivity index (χ1) is 11.1. The molecule has 6 nitrogen and oxygen atoms in total. The van der Waals surface area contributed by atoms with Gasteiger partial charge >= 0.3 is 0 Å². The van der Waals surface area contributed by atoms with Gasteiger partial charge in [-0.05, 0) is 37.3 Å². The van der Waals surface area contributed by atoms with Gasteiger partial charge in [-0.15, -0.1) is 0 Å². The number of carbonyl (C=O) groups is 1. The first kappa shape index (κ1) is 14.8. The van der Waals surface area contributed by atoms with Gasteiger partial charge in [0.15, 0.2) is 5.76 Å². The molecule has 0 bridgehead atoms. The summed E-state index contributed by atoms with van der Waals surface area (Å²) in [6.07, 6.45) is 1.53. The Bertz CT molecular complexity index is 854. The number of amides is 1. The minimum absolute atomic E-state index is 0.317. The minimum atomic E-state index is -0.752. The van der Waals surface area contributed by atoms with Crippen LogP contribution < -0.4 is 10.9 Å². The molecule has 0 spiro atoms. The molecular formula is C17H15N3O3. The zero-order valence-electron chi connectivity index (χ0n) is 12.5. The monoisotopic (exact) mass is 309 g/mol. The molecule has 0 saturated carbocycles. The van der Waals surface area contributed by atoms with Crippen LogP contribution in [0, 0.1) is 0 Å². The van der Waals surface area contributed by atoms with Crippen LogP contribution in [0.25, 0.3) is 11.5 Å². The molecule has 2 heterocycles. The highest BCUT2D eigenvalue weighted by molar-refractivity contribution is 5.93. The van der Waals surface area contributed by atoms with Crippen LogP contribution in [0.1, 0.15) is 13.0 Å². The smallest absolute Gasteiger partial charge is 0.267 e. The van der Waals surface area contributed by atoms with Gasteiger partial charge in [-0.25, -0.2) is 4.68 Å². The Morgan fingerprint density at radius 1 is 1.13 bits per heavy atom. The molecule has 0 aliphatic heterocycles. The predicted molar refractivity (Wildman–Crippen MR) is 86.0 cm³/mol. The fraction of sp³-hybridized carbons (Fsp3) is 0.118. The van der Waals surface area contributed by atoms with E-state index in [1.807, 2.05) is 18.2 Å². The Kier molecular flexibility index (Phi) is 4.05. The van der Waals surface area contributed by atoms with Crippen LogP contribution in [0.3, 0.4) is 0 Å². The van der Waals surface area contributed by atoms with E-state index in [1.54, 1.807) is 37.3 Å². The molecule has 1 amide bonds. The number of hydrogen-bond acceptors (Lipinski definition) is 4. The lowest BCUT2D eigenvalue weighted by Gasteiger charge is -2.14. The van der Waals surface area contributed by atoms with Crippen LogP contribution in [0.4, 0.5) is 5.69 Å². The van der Waals surface area contributed by atoms with Gasteiger partial charge in [-0.2, -0.15) is 5.10 Å². The second kappa shape index (κ2) is 6.31. The molecule has 0 saturated heterocycles.